The van der Waals surface area contributed by atoms with E-state index >= 15 is 0 Å². The van der Waals surface area contributed by atoms with E-state index in [0.717, 1.165) is 27.9 Å². The number of oxime groups is 1. The van der Waals surface area contributed by atoms with Crippen molar-refractivity contribution in [3.8, 4) is 22.4 Å². The van der Waals surface area contributed by atoms with Crippen LogP contribution in [-0.2, 0) is 4.74 Å². The predicted molar refractivity (Wildman–Crippen MR) is 136 cm³/mol. The van der Waals surface area contributed by atoms with E-state index in [1.165, 1.54) is 0 Å². The summed E-state index contributed by atoms with van der Waals surface area (Å²) in [5.41, 5.74) is 16.2. The smallest absolute Gasteiger partial charge is 0.405 e. The van der Waals surface area contributed by atoms with Crippen molar-refractivity contribution in [1.82, 2.24) is 9.97 Å². The topological polar surface area (TPSA) is 137 Å². The minimum absolute atomic E-state index is 0.0869. The van der Waals surface area contributed by atoms with E-state index in [1.807, 2.05) is 81.4 Å². The van der Waals surface area contributed by atoms with Gasteiger partial charge in [-0.2, -0.15) is 0 Å². The first-order valence-corrected chi connectivity index (χ1v) is 11.1. The van der Waals surface area contributed by atoms with Crippen LogP contribution in [0, 0.1) is 5.41 Å². The van der Waals surface area contributed by atoms with Gasteiger partial charge in [-0.05, 0) is 23.3 Å². The minimum Gasteiger partial charge on any atom is -0.441 e. The van der Waals surface area contributed by atoms with Crippen LogP contribution in [-0.4, -0.2) is 27.1 Å². The Labute approximate surface area is 203 Å². The van der Waals surface area contributed by atoms with Gasteiger partial charge in [0.15, 0.2) is 5.84 Å². The highest BCUT2D eigenvalue weighted by Crippen LogP contribution is 2.38. The van der Waals surface area contributed by atoms with E-state index in [9.17, 15) is 10.0 Å². The summed E-state index contributed by atoms with van der Waals surface area (Å²) in [5.74, 6) is -0.0869. The van der Waals surface area contributed by atoms with Gasteiger partial charge in [-0.3, -0.25) is 4.98 Å². The predicted octanol–water partition coefficient (Wildman–Crippen LogP) is 5.24. The van der Waals surface area contributed by atoms with E-state index in [0.29, 0.717) is 16.6 Å². The van der Waals surface area contributed by atoms with Crippen LogP contribution >= 0.6 is 0 Å². The molecule has 0 aliphatic rings. The highest BCUT2D eigenvalue weighted by atomic mass is 16.6. The van der Waals surface area contributed by atoms with Crippen molar-refractivity contribution in [3.05, 3.63) is 84.2 Å². The molecule has 5 N–H and O–H groups in total. The number of benzene rings is 2. The highest BCUT2D eigenvalue weighted by Gasteiger charge is 2.29. The minimum atomic E-state index is -0.813. The second-order valence-corrected chi connectivity index (χ2v) is 9.27. The number of amides is 1. The van der Waals surface area contributed by atoms with Crippen molar-refractivity contribution in [3.63, 3.8) is 0 Å². The second-order valence-electron chi connectivity index (χ2n) is 9.27. The lowest BCUT2D eigenvalue weighted by atomic mass is 9.84. The molecule has 0 fully saturated rings. The third-order valence-electron chi connectivity index (χ3n) is 5.69. The zero-order valence-corrected chi connectivity index (χ0v) is 19.8. The summed E-state index contributed by atoms with van der Waals surface area (Å²) < 4.78 is 5.42. The Hall–Kier alpha value is -4.46. The van der Waals surface area contributed by atoms with Crippen LogP contribution in [0.15, 0.2) is 78.1 Å². The standard InChI is InChI=1S/C27H27N5O3/c1-27(2,3)24(35-26(29)33)18-11-9-17(10-12-18)22-19(16-7-5-4-6-8-16)15-20-21(31-22)13-14-30-23(20)25(28)32-34/h4-15,24,34H,1-3H3,(H2,28,32)(H2,29,33). The molecule has 0 aliphatic heterocycles. The zero-order chi connectivity index (χ0) is 25.2. The van der Waals surface area contributed by atoms with Gasteiger partial charge in [-0.25, -0.2) is 9.78 Å². The van der Waals surface area contributed by atoms with Crippen LogP contribution in [0.5, 0.6) is 0 Å². The number of amidine groups is 1. The lowest BCUT2D eigenvalue weighted by molar-refractivity contribution is 0.0360. The number of nitrogens with zero attached hydrogens (tertiary/aromatic N) is 3. The summed E-state index contributed by atoms with van der Waals surface area (Å²) in [6, 6.07) is 21.3. The van der Waals surface area contributed by atoms with Crippen molar-refractivity contribution >= 4 is 22.8 Å². The Morgan fingerprint density at radius 3 is 2.29 bits per heavy atom. The maximum absolute atomic E-state index is 11.5. The molecule has 2 aromatic carbocycles. The fourth-order valence-corrected chi connectivity index (χ4v) is 4.08. The van der Waals surface area contributed by atoms with Gasteiger partial charge in [0, 0.05) is 28.1 Å². The third-order valence-corrected chi connectivity index (χ3v) is 5.69. The molecule has 0 saturated heterocycles. The Morgan fingerprint density at radius 1 is 1.00 bits per heavy atom. The van der Waals surface area contributed by atoms with Gasteiger partial charge in [0.25, 0.3) is 0 Å². The molecule has 1 unspecified atom stereocenters. The maximum Gasteiger partial charge on any atom is 0.405 e. The van der Waals surface area contributed by atoms with Crippen LogP contribution in [0.1, 0.15) is 38.1 Å². The zero-order valence-electron chi connectivity index (χ0n) is 19.8. The first kappa shape index (κ1) is 23.7. The van der Waals surface area contributed by atoms with Crippen molar-refractivity contribution < 1.29 is 14.7 Å². The molecular weight excluding hydrogens is 442 g/mol. The summed E-state index contributed by atoms with van der Waals surface area (Å²) in [7, 11) is 0. The molecule has 0 spiro atoms. The molecule has 8 heteroatoms. The summed E-state index contributed by atoms with van der Waals surface area (Å²) in [6.07, 6.45) is 0.264. The molecule has 8 nitrogen and oxygen atoms in total. The third kappa shape index (κ3) is 4.91. The number of primary amides is 1. The Morgan fingerprint density at radius 2 is 1.69 bits per heavy atom. The Bertz CT molecular complexity index is 1390. The fraction of sp³-hybridized carbons (Fsp3) is 0.185. The van der Waals surface area contributed by atoms with Crippen LogP contribution in [0.2, 0.25) is 0 Å². The Balaban J connectivity index is 1.89. The molecule has 0 radical (unpaired) electrons. The van der Waals surface area contributed by atoms with E-state index in [-0.39, 0.29) is 11.3 Å². The van der Waals surface area contributed by atoms with Crippen LogP contribution in [0.25, 0.3) is 33.3 Å². The summed E-state index contributed by atoms with van der Waals surface area (Å²) in [5, 5.41) is 13.0. The first-order valence-electron chi connectivity index (χ1n) is 11.1. The second kappa shape index (κ2) is 9.42. The van der Waals surface area contributed by atoms with Crippen molar-refractivity contribution in [2.75, 3.05) is 0 Å². The van der Waals surface area contributed by atoms with Gasteiger partial charge in [0.05, 0.1) is 11.2 Å². The van der Waals surface area contributed by atoms with E-state index in [1.54, 1.807) is 12.3 Å². The molecule has 178 valence electrons. The van der Waals surface area contributed by atoms with Gasteiger partial charge < -0.3 is 21.4 Å². The molecule has 1 amide bonds. The van der Waals surface area contributed by atoms with E-state index in [2.05, 4.69) is 10.1 Å². The molecule has 0 saturated carbocycles. The molecule has 35 heavy (non-hydrogen) atoms. The summed E-state index contributed by atoms with van der Waals surface area (Å²) in [6.45, 7) is 5.96. The number of fused-ring (bicyclic) bond motifs is 1. The van der Waals surface area contributed by atoms with Gasteiger partial charge in [0.2, 0.25) is 0 Å². The average molecular weight is 470 g/mol. The summed E-state index contributed by atoms with van der Waals surface area (Å²) >= 11 is 0. The largest absolute Gasteiger partial charge is 0.441 e. The van der Waals surface area contributed by atoms with Gasteiger partial charge in [0.1, 0.15) is 11.8 Å². The maximum atomic E-state index is 11.5. The van der Waals surface area contributed by atoms with Crippen LogP contribution in [0.4, 0.5) is 4.79 Å². The monoisotopic (exact) mass is 469 g/mol. The van der Waals surface area contributed by atoms with E-state index in [4.69, 9.17) is 21.2 Å². The summed E-state index contributed by atoms with van der Waals surface area (Å²) in [4.78, 5) is 20.7. The molecular formula is C27H27N5O3. The molecule has 4 rings (SSSR count). The molecule has 2 heterocycles. The molecule has 0 bridgehead atoms. The quantitative estimate of drug-likeness (QED) is 0.158. The number of hydrogen-bond acceptors (Lipinski definition) is 6. The first-order chi connectivity index (χ1) is 16.7. The lowest BCUT2D eigenvalue weighted by Gasteiger charge is -2.30. The number of nitrogens with two attached hydrogens (primary N) is 2. The number of aromatic nitrogens is 2. The number of ether oxygens (including phenoxy) is 1. The lowest BCUT2D eigenvalue weighted by Crippen LogP contribution is -2.26. The Kier molecular flexibility index (Phi) is 6.38. The number of carbonyl (C=O) groups excluding carboxylic acids is 1. The number of hydrogen-bond donors (Lipinski definition) is 3. The fourth-order valence-electron chi connectivity index (χ4n) is 4.08. The molecule has 2 aromatic heterocycles. The van der Waals surface area contributed by atoms with Crippen molar-refractivity contribution in [1.29, 1.82) is 0 Å². The van der Waals surface area contributed by atoms with Crippen molar-refractivity contribution in [2.24, 2.45) is 22.0 Å². The van der Waals surface area contributed by atoms with Gasteiger partial charge >= 0.3 is 6.09 Å². The molecule has 4 aromatic rings. The molecule has 0 aliphatic carbocycles. The number of carbonyl (C=O) groups is 1. The van der Waals surface area contributed by atoms with Gasteiger partial charge in [-0.1, -0.05) is 80.5 Å². The van der Waals surface area contributed by atoms with E-state index < -0.39 is 12.2 Å². The van der Waals surface area contributed by atoms with Crippen LogP contribution in [0.3, 0.4) is 0 Å². The highest BCUT2D eigenvalue weighted by molar-refractivity contribution is 6.07. The van der Waals surface area contributed by atoms with Gasteiger partial charge in [-0.15, -0.1) is 0 Å². The SMILES string of the molecule is CC(C)(C)C(OC(N)=O)c1ccc(-c2nc3ccnc(C(N)=NO)c3cc2-c2ccccc2)cc1. The number of pyridine rings is 2. The van der Waals surface area contributed by atoms with Crippen LogP contribution < -0.4 is 11.5 Å². The molecule has 1 atom stereocenters. The average Bonchev–Trinajstić information content (AvgIpc) is 2.85. The number of rotatable bonds is 5. The normalized spacial score (nSPS) is 12.9. The van der Waals surface area contributed by atoms with Crippen molar-refractivity contribution in [2.45, 2.75) is 26.9 Å².